The number of aromatic hydroxyl groups is 1. The Hall–Kier alpha value is -1.23. The Bertz CT molecular complexity index is 433. The topological polar surface area (TPSA) is 64.2 Å². The first-order chi connectivity index (χ1) is 7.02. The Kier molecular flexibility index (Phi) is 2.34. The summed E-state index contributed by atoms with van der Waals surface area (Å²) >= 11 is 1.36. The van der Waals surface area contributed by atoms with Crippen LogP contribution in [0.25, 0.3) is 0 Å². The number of aromatic nitrogens is 1. The van der Waals surface area contributed by atoms with Crippen LogP contribution in [-0.4, -0.2) is 16.3 Å². The molecule has 0 aliphatic carbocycles. The number of carbonyl (C=O) groups excluding carboxylic acids is 1. The summed E-state index contributed by atoms with van der Waals surface area (Å²) in [5, 5.41) is 21.1. The lowest BCUT2D eigenvalue weighted by molar-refractivity contribution is -0.748. The highest BCUT2D eigenvalue weighted by Gasteiger charge is 2.42. The van der Waals surface area contributed by atoms with E-state index < -0.39 is 12.0 Å². The van der Waals surface area contributed by atoms with E-state index in [9.17, 15) is 15.0 Å². The van der Waals surface area contributed by atoms with Gasteiger partial charge in [0, 0.05) is 13.0 Å². The largest absolute Gasteiger partial charge is 0.543 e. The fourth-order valence-corrected chi connectivity index (χ4v) is 3.12. The minimum atomic E-state index is -1.10. The third-order valence-corrected chi connectivity index (χ3v) is 3.82. The van der Waals surface area contributed by atoms with E-state index in [1.54, 1.807) is 16.7 Å². The predicted octanol–water partition coefficient (Wildman–Crippen LogP) is -0.227. The number of nitrogens with zero attached hydrogens (tertiary/aromatic N) is 1. The summed E-state index contributed by atoms with van der Waals surface area (Å²) in [5.74, 6) is -0.978. The highest BCUT2D eigenvalue weighted by atomic mass is 32.2. The van der Waals surface area contributed by atoms with Crippen molar-refractivity contribution in [3.05, 3.63) is 17.8 Å². The molecule has 4 nitrogen and oxygen atoms in total. The van der Waals surface area contributed by atoms with Gasteiger partial charge in [-0.1, -0.05) is 0 Å². The van der Waals surface area contributed by atoms with Crippen LogP contribution in [0.2, 0.25) is 0 Å². The molecule has 0 fully saturated rings. The highest BCUT2D eigenvalue weighted by molar-refractivity contribution is 8.00. The van der Waals surface area contributed by atoms with Crippen LogP contribution >= 0.6 is 11.8 Å². The summed E-state index contributed by atoms with van der Waals surface area (Å²) in [4.78, 5) is 11.0. The normalized spacial score (nSPS) is 23.9. The number of carboxylic acids is 1. The van der Waals surface area contributed by atoms with Crippen molar-refractivity contribution >= 4 is 17.7 Å². The van der Waals surface area contributed by atoms with Gasteiger partial charge in [0.15, 0.2) is 11.4 Å². The van der Waals surface area contributed by atoms with Gasteiger partial charge in [0.25, 0.3) is 5.03 Å². The SMILES string of the molecule is Cc1ccc(O)c2[n+]1[C@H](C(=O)[O-])[C@@H](C)S2. The zero-order chi connectivity index (χ0) is 11.2. The van der Waals surface area contributed by atoms with Crippen LogP contribution < -0.4 is 9.67 Å². The van der Waals surface area contributed by atoms with Crippen molar-refractivity contribution in [1.82, 2.24) is 0 Å². The van der Waals surface area contributed by atoms with Gasteiger partial charge < -0.3 is 15.0 Å². The van der Waals surface area contributed by atoms with Crippen molar-refractivity contribution in [1.29, 1.82) is 0 Å². The monoisotopic (exact) mass is 225 g/mol. The maximum Gasteiger partial charge on any atom is 0.283 e. The molecule has 2 rings (SSSR count). The van der Waals surface area contributed by atoms with Crippen molar-refractivity contribution in [2.45, 2.75) is 30.2 Å². The molecule has 0 saturated heterocycles. The number of carbonyl (C=O) groups is 1. The zero-order valence-electron chi connectivity index (χ0n) is 8.43. The Balaban J connectivity index is 2.62. The molecule has 2 heterocycles. The van der Waals surface area contributed by atoms with Gasteiger partial charge >= 0.3 is 0 Å². The van der Waals surface area contributed by atoms with E-state index in [2.05, 4.69) is 0 Å². The second kappa shape index (κ2) is 3.41. The molecule has 1 aromatic heterocycles. The van der Waals surface area contributed by atoms with Crippen LogP contribution in [0.5, 0.6) is 5.75 Å². The standard InChI is InChI=1S/C10H11NO3S/c1-5-3-4-7(12)9-11(5)8(10(13)14)6(2)15-9/h3-4,6,8H,1-2H3,(H-,12,13,14)/t6-,8+/m1/s1. The Morgan fingerprint density at radius 2 is 2.27 bits per heavy atom. The van der Waals surface area contributed by atoms with Crippen molar-refractivity contribution < 1.29 is 19.6 Å². The quantitative estimate of drug-likeness (QED) is 0.671. The van der Waals surface area contributed by atoms with Crippen LogP contribution in [0.3, 0.4) is 0 Å². The molecule has 2 atom stereocenters. The number of rotatable bonds is 1. The lowest BCUT2D eigenvalue weighted by Crippen LogP contribution is -2.52. The lowest BCUT2D eigenvalue weighted by atomic mass is 10.2. The van der Waals surface area contributed by atoms with Crippen molar-refractivity contribution in [3.63, 3.8) is 0 Å². The van der Waals surface area contributed by atoms with Crippen LogP contribution in [0.4, 0.5) is 0 Å². The second-order valence-electron chi connectivity index (χ2n) is 3.62. The van der Waals surface area contributed by atoms with Crippen molar-refractivity contribution in [3.8, 4) is 5.75 Å². The van der Waals surface area contributed by atoms with E-state index in [0.29, 0.717) is 5.03 Å². The predicted molar refractivity (Wildman–Crippen MR) is 52.4 cm³/mol. The molecule has 15 heavy (non-hydrogen) atoms. The molecule has 1 aliphatic heterocycles. The number of hydrogen-bond donors (Lipinski definition) is 1. The summed E-state index contributed by atoms with van der Waals surface area (Å²) in [6.45, 7) is 3.63. The first kappa shape index (κ1) is 10.3. The molecule has 0 spiro atoms. The van der Waals surface area contributed by atoms with E-state index in [4.69, 9.17) is 0 Å². The number of fused-ring (bicyclic) bond motifs is 1. The van der Waals surface area contributed by atoms with Gasteiger partial charge in [0.05, 0.1) is 5.25 Å². The average molecular weight is 225 g/mol. The Morgan fingerprint density at radius 1 is 1.60 bits per heavy atom. The van der Waals surface area contributed by atoms with Gasteiger partial charge in [0.1, 0.15) is 5.97 Å². The summed E-state index contributed by atoms with van der Waals surface area (Å²) in [7, 11) is 0. The third kappa shape index (κ3) is 1.47. The molecule has 1 aliphatic rings. The zero-order valence-corrected chi connectivity index (χ0v) is 9.25. The minimum absolute atomic E-state index is 0.123. The second-order valence-corrected chi connectivity index (χ2v) is 4.99. The molecule has 1 aromatic rings. The van der Waals surface area contributed by atoms with Gasteiger partial charge in [0.2, 0.25) is 6.04 Å². The molecule has 0 saturated carbocycles. The molecule has 0 amide bonds. The number of aryl methyl sites for hydroxylation is 1. The molecule has 0 aromatic carbocycles. The number of thioether (sulfide) groups is 1. The summed E-state index contributed by atoms with van der Waals surface area (Å²) in [5.41, 5.74) is 0.814. The Morgan fingerprint density at radius 3 is 2.87 bits per heavy atom. The summed E-state index contributed by atoms with van der Waals surface area (Å²) < 4.78 is 1.62. The maximum atomic E-state index is 11.0. The number of aliphatic carboxylic acids is 1. The van der Waals surface area contributed by atoms with E-state index >= 15 is 0 Å². The Labute approximate surface area is 91.6 Å². The summed E-state index contributed by atoms with van der Waals surface area (Å²) in [6, 6.07) is 2.59. The van der Waals surface area contributed by atoms with Crippen LogP contribution in [-0.2, 0) is 4.79 Å². The van der Waals surface area contributed by atoms with Gasteiger partial charge in [-0.3, -0.25) is 0 Å². The van der Waals surface area contributed by atoms with Gasteiger partial charge in [-0.25, -0.2) is 0 Å². The van der Waals surface area contributed by atoms with Gasteiger partial charge in [-0.15, -0.1) is 0 Å². The molecular formula is C10H11NO3S. The highest BCUT2D eigenvalue weighted by Crippen LogP contribution is 2.38. The molecule has 5 heteroatoms. The van der Waals surface area contributed by atoms with Gasteiger partial charge in [-0.2, -0.15) is 4.57 Å². The molecule has 0 unspecified atom stereocenters. The number of carboxylic acid groups (broad SMARTS) is 1. The molecule has 0 bridgehead atoms. The van der Waals surface area contributed by atoms with Crippen LogP contribution in [0, 0.1) is 6.92 Å². The minimum Gasteiger partial charge on any atom is -0.543 e. The lowest BCUT2D eigenvalue weighted by Gasteiger charge is -2.12. The molecule has 1 N–H and O–H groups in total. The third-order valence-electron chi connectivity index (χ3n) is 2.56. The van der Waals surface area contributed by atoms with Crippen molar-refractivity contribution in [2.24, 2.45) is 0 Å². The molecule has 0 radical (unpaired) electrons. The van der Waals surface area contributed by atoms with Crippen LogP contribution in [0.15, 0.2) is 17.2 Å². The smallest absolute Gasteiger partial charge is 0.283 e. The molecule has 80 valence electrons. The number of pyridine rings is 1. The van der Waals surface area contributed by atoms with E-state index in [1.165, 1.54) is 11.8 Å². The fourth-order valence-electron chi connectivity index (χ4n) is 1.85. The van der Waals surface area contributed by atoms with E-state index in [0.717, 1.165) is 5.69 Å². The molecular weight excluding hydrogens is 214 g/mol. The van der Waals surface area contributed by atoms with Crippen molar-refractivity contribution in [2.75, 3.05) is 0 Å². The average Bonchev–Trinajstić information content (AvgIpc) is 2.50. The van der Waals surface area contributed by atoms with Gasteiger partial charge in [-0.05, 0) is 24.8 Å². The first-order valence-electron chi connectivity index (χ1n) is 4.64. The fraction of sp³-hybridized carbons (Fsp3) is 0.400. The van der Waals surface area contributed by atoms with E-state index in [1.807, 2.05) is 13.8 Å². The van der Waals surface area contributed by atoms with E-state index in [-0.39, 0.29) is 11.0 Å². The number of hydrogen-bond acceptors (Lipinski definition) is 4. The maximum absolute atomic E-state index is 11.0. The first-order valence-corrected chi connectivity index (χ1v) is 5.52. The summed E-state index contributed by atoms with van der Waals surface area (Å²) in [6.07, 6.45) is 0. The van der Waals surface area contributed by atoms with Crippen LogP contribution in [0.1, 0.15) is 18.7 Å².